The zero-order valence-corrected chi connectivity index (χ0v) is 22.9. The van der Waals surface area contributed by atoms with Gasteiger partial charge in [-0.25, -0.2) is 0 Å². The summed E-state index contributed by atoms with van der Waals surface area (Å²) in [5, 5.41) is 2.02. The third kappa shape index (κ3) is 9.55. The summed E-state index contributed by atoms with van der Waals surface area (Å²) in [7, 11) is 3.24. The molecule has 2 aromatic rings. The molecule has 35 heavy (non-hydrogen) atoms. The van der Waals surface area contributed by atoms with Crippen molar-refractivity contribution in [1.82, 2.24) is 9.80 Å². The van der Waals surface area contributed by atoms with Gasteiger partial charge in [-0.2, -0.15) is 0 Å². The minimum absolute atomic E-state index is 0.0171. The third-order valence-electron chi connectivity index (χ3n) is 6.14. The van der Waals surface area contributed by atoms with Crippen LogP contribution in [0, 0.1) is 0 Å². The van der Waals surface area contributed by atoms with Gasteiger partial charge in [0.15, 0.2) is 11.5 Å². The summed E-state index contributed by atoms with van der Waals surface area (Å²) in [6, 6.07) is 9.87. The van der Waals surface area contributed by atoms with E-state index in [1.165, 1.54) is 12.8 Å². The van der Waals surface area contributed by atoms with Crippen LogP contribution in [0.5, 0.6) is 11.5 Å². The van der Waals surface area contributed by atoms with Crippen LogP contribution in [0.15, 0.2) is 35.7 Å². The molecular formula is C28H42N2O4S. The highest BCUT2D eigenvalue weighted by molar-refractivity contribution is 7.09. The van der Waals surface area contributed by atoms with Crippen molar-refractivity contribution in [2.24, 2.45) is 0 Å². The minimum Gasteiger partial charge on any atom is -0.493 e. The smallest absolute Gasteiger partial charge is 0.242 e. The van der Waals surface area contributed by atoms with Crippen molar-refractivity contribution >= 4 is 23.2 Å². The average molecular weight is 503 g/mol. The second kappa shape index (κ2) is 15.5. The molecule has 7 heteroatoms. The molecule has 0 aliphatic carbocycles. The zero-order valence-electron chi connectivity index (χ0n) is 22.0. The number of hydrogen-bond acceptors (Lipinski definition) is 5. The van der Waals surface area contributed by atoms with Gasteiger partial charge in [-0.05, 0) is 55.8 Å². The van der Waals surface area contributed by atoms with Crippen molar-refractivity contribution < 1.29 is 19.1 Å². The van der Waals surface area contributed by atoms with E-state index in [-0.39, 0.29) is 24.4 Å². The van der Waals surface area contributed by atoms with E-state index in [2.05, 4.69) is 6.92 Å². The van der Waals surface area contributed by atoms with E-state index in [4.69, 9.17) is 9.47 Å². The highest BCUT2D eigenvalue weighted by Gasteiger charge is 2.23. The van der Waals surface area contributed by atoms with Gasteiger partial charge in [0, 0.05) is 23.9 Å². The number of thiophene rings is 1. The van der Waals surface area contributed by atoms with E-state index in [0.29, 0.717) is 37.4 Å². The first kappa shape index (κ1) is 28.7. The lowest BCUT2D eigenvalue weighted by Gasteiger charge is -2.30. The second-order valence-corrected chi connectivity index (χ2v) is 10.1. The largest absolute Gasteiger partial charge is 0.493 e. The van der Waals surface area contributed by atoms with Crippen LogP contribution in [0.1, 0.15) is 69.7 Å². The molecule has 0 saturated carbocycles. The zero-order chi connectivity index (χ0) is 25.6. The number of hydrogen-bond donors (Lipinski definition) is 0. The standard InChI is InChI=1S/C28H42N2O4S/c1-6-7-8-9-10-13-27(31)30(22(2)3)21-28(32)29(20-24-12-11-18-35-24)17-16-23-14-15-25(33-4)26(19-23)34-5/h11-12,14-15,18-19,22H,6-10,13,16-17,20-21H2,1-5H3. The first-order valence-corrected chi connectivity index (χ1v) is 13.6. The molecule has 0 aliphatic rings. The van der Waals surface area contributed by atoms with Gasteiger partial charge in [-0.15, -0.1) is 11.3 Å². The van der Waals surface area contributed by atoms with Gasteiger partial charge in [0.2, 0.25) is 11.8 Å². The van der Waals surface area contributed by atoms with Gasteiger partial charge in [-0.1, -0.05) is 44.7 Å². The van der Waals surface area contributed by atoms with Crippen LogP contribution in [0.2, 0.25) is 0 Å². The topological polar surface area (TPSA) is 59.1 Å². The van der Waals surface area contributed by atoms with Crippen molar-refractivity contribution in [3.05, 3.63) is 46.2 Å². The lowest BCUT2D eigenvalue weighted by Crippen LogP contribution is -2.46. The number of carbonyl (C=O) groups excluding carboxylic acids is 2. The number of carbonyl (C=O) groups is 2. The summed E-state index contributed by atoms with van der Waals surface area (Å²) in [4.78, 5) is 31.1. The fourth-order valence-corrected chi connectivity index (χ4v) is 4.73. The Hall–Kier alpha value is -2.54. The molecular weight excluding hydrogens is 460 g/mol. The van der Waals surface area contributed by atoms with E-state index >= 15 is 0 Å². The Morgan fingerprint density at radius 2 is 1.71 bits per heavy atom. The maximum absolute atomic E-state index is 13.4. The molecule has 2 amide bonds. The van der Waals surface area contributed by atoms with Crippen LogP contribution in [0.25, 0.3) is 0 Å². The molecule has 194 valence electrons. The first-order valence-electron chi connectivity index (χ1n) is 12.7. The summed E-state index contributed by atoms with van der Waals surface area (Å²) in [5.74, 6) is 1.41. The van der Waals surface area contributed by atoms with Crippen molar-refractivity contribution in [3.63, 3.8) is 0 Å². The molecule has 0 radical (unpaired) electrons. The van der Waals surface area contributed by atoms with Crippen LogP contribution in [-0.2, 0) is 22.6 Å². The Morgan fingerprint density at radius 1 is 0.971 bits per heavy atom. The monoisotopic (exact) mass is 502 g/mol. The van der Waals surface area contributed by atoms with Crippen LogP contribution < -0.4 is 9.47 Å². The van der Waals surface area contributed by atoms with Crippen LogP contribution >= 0.6 is 11.3 Å². The number of amides is 2. The SMILES string of the molecule is CCCCCCCC(=O)N(CC(=O)N(CCc1ccc(OC)c(OC)c1)Cc1cccs1)C(C)C. The maximum Gasteiger partial charge on any atom is 0.242 e. The van der Waals surface area contributed by atoms with Gasteiger partial charge in [-0.3, -0.25) is 9.59 Å². The fraction of sp³-hybridized carbons (Fsp3) is 0.571. The molecule has 1 aromatic heterocycles. The number of unbranched alkanes of at least 4 members (excludes halogenated alkanes) is 4. The Morgan fingerprint density at radius 3 is 2.34 bits per heavy atom. The lowest BCUT2D eigenvalue weighted by molar-refractivity contribution is -0.142. The van der Waals surface area contributed by atoms with Crippen molar-refractivity contribution in [3.8, 4) is 11.5 Å². The highest BCUT2D eigenvalue weighted by atomic mass is 32.1. The van der Waals surface area contributed by atoms with Crippen LogP contribution in [-0.4, -0.2) is 55.0 Å². The highest BCUT2D eigenvalue weighted by Crippen LogP contribution is 2.28. The molecule has 1 aromatic carbocycles. The molecule has 2 rings (SSSR count). The predicted octanol–water partition coefficient (Wildman–Crippen LogP) is 5.93. The summed E-state index contributed by atoms with van der Waals surface area (Å²) >= 11 is 1.64. The predicted molar refractivity (Wildman–Crippen MR) is 143 cm³/mol. The van der Waals surface area contributed by atoms with E-state index in [1.807, 2.05) is 54.5 Å². The van der Waals surface area contributed by atoms with Gasteiger partial charge >= 0.3 is 0 Å². The third-order valence-corrected chi connectivity index (χ3v) is 7.00. The van der Waals surface area contributed by atoms with Gasteiger partial charge in [0.25, 0.3) is 0 Å². The number of rotatable bonds is 16. The summed E-state index contributed by atoms with van der Waals surface area (Å²) in [6.07, 6.45) is 6.69. The average Bonchev–Trinajstić information content (AvgIpc) is 3.37. The number of nitrogens with zero attached hydrogens (tertiary/aromatic N) is 2. The summed E-state index contributed by atoms with van der Waals surface area (Å²) in [5.41, 5.74) is 1.07. The van der Waals surface area contributed by atoms with E-state index in [9.17, 15) is 9.59 Å². The molecule has 0 atom stereocenters. The van der Waals surface area contributed by atoms with Gasteiger partial charge in [0.05, 0.1) is 27.3 Å². The van der Waals surface area contributed by atoms with E-state index in [1.54, 1.807) is 30.5 Å². The molecule has 1 heterocycles. The number of methoxy groups -OCH3 is 2. The molecule has 0 fully saturated rings. The normalized spacial score (nSPS) is 10.9. The molecule has 0 bridgehead atoms. The van der Waals surface area contributed by atoms with Crippen molar-refractivity contribution in [2.45, 2.75) is 78.3 Å². The van der Waals surface area contributed by atoms with E-state index in [0.717, 1.165) is 29.7 Å². The minimum atomic E-state index is -0.0214. The lowest BCUT2D eigenvalue weighted by atomic mass is 10.1. The number of ether oxygens (including phenoxy) is 2. The number of benzene rings is 1. The molecule has 0 spiro atoms. The molecule has 0 saturated heterocycles. The van der Waals surface area contributed by atoms with Crippen LogP contribution in [0.4, 0.5) is 0 Å². The fourth-order valence-electron chi connectivity index (χ4n) is 4.01. The molecule has 0 N–H and O–H groups in total. The van der Waals surface area contributed by atoms with Crippen molar-refractivity contribution in [1.29, 1.82) is 0 Å². The molecule has 0 aliphatic heterocycles. The Labute approximate surface area is 215 Å². The van der Waals surface area contributed by atoms with Gasteiger partial charge < -0.3 is 19.3 Å². The second-order valence-electron chi connectivity index (χ2n) is 9.11. The summed E-state index contributed by atoms with van der Waals surface area (Å²) in [6.45, 7) is 7.36. The molecule has 6 nitrogen and oxygen atoms in total. The summed E-state index contributed by atoms with van der Waals surface area (Å²) < 4.78 is 10.8. The Kier molecular flexibility index (Phi) is 12.7. The maximum atomic E-state index is 13.4. The first-order chi connectivity index (χ1) is 16.9. The molecule has 0 unspecified atom stereocenters. The van der Waals surface area contributed by atoms with Gasteiger partial charge in [0.1, 0.15) is 0 Å². The van der Waals surface area contributed by atoms with Crippen LogP contribution in [0.3, 0.4) is 0 Å². The Bertz CT molecular complexity index is 898. The Balaban J connectivity index is 2.06. The quantitative estimate of drug-likeness (QED) is 0.267. The van der Waals surface area contributed by atoms with Crippen molar-refractivity contribution in [2.75, 3.05) is 27.3 Å². The van der Waals surface area contributed by atoms with E-state index < -0.39 is 0 Å².